The molecule has 0 aliphatic rings. The standard InChI is InChI=1S/C12H11N3O3/c1-7-2-4-8(5-3-7)15-10(13)9(6-16)11(17)14-12(15)18/h2-6H,13H2,1H3,(H,14,17,18). The van der Waals surface area contributed by atoms with Crippen LogP contribution in [0.4, 0.5) is 5.82 Å². The lowest BCUT2D eigenvalue weighted by molar-refractivity contribution is 0.112. The second kappa shape index (κ2) is 4.33. The predicted molar refractivity (Wildman–Crippen MR) is 67.2 cm³/mol. The highest BCUT2D eigenvalue weighted by Gasteiger charge is 2.12. The molecule has 1 heterocycles. The van der Waals surface area contributed by atoms with Gasteiger partial charge in [0.25, 0.3) is 5.56 Å². The van der Waals surface area contributed by atoms with Crippen LogP contribution in [0.15, 0.2) is 33.9 Å². The number of nitrogen functional groups attached to an aromatic ring is 1. The summed E-state index contributed by atoms with van der Waals surface area (Å²) in [6, 6.07) is 6.96. The van der Waals surface area contributed by atoms with Crippen molar-refractivity contribution >= 4 is 12.1 Å². The molecule has 0 aliphatic carbocycles. The minimum absolute atomic E-state index is 0.164. The van der Waals surface area contributed by atoms with E-state index in [1.165, 1.54) is 0 Å². The molecular formula is C12H11N3O3. The first-order valence-corrected chi connectivity index (χ1v) is 5.21. The number of nitrogens with zero attached hydrogens (tertiary/aromatic N) is 1. The molecule has 0 atom stereocenters. The molecule has 1 aromatic heterocycles. The summed E-state index contributed by atoms with van der Waals surface area (Å²) in [5, 5.41) is 0. The molecule has 0 amide bonds. The van der Waals surface area contributed by atoms with E-state index in [0.717, 1.165) is 10.1 Å². The van der Waals surface area contributed by atoms with Gasteiger partial charge < -0.3 is 5.73 Å². The summed E-state index contributed by atoms with van der Waals surface area (Å²) in [6.07, 6.45) is 0.332. The summed E-state index contributed by atoms with van der Waals surface area (Å²) in [7, 11) is 0. The number of anilines is 1. The highest BCUT2D eigenvalue weighted by molar-refractivity contribution is 5.81. The van der Waals surface area contributed by atoms with Gasteiger partial charge in [0.05, 0.1) is 5.69 Å². The summed E-state index contributed by atoms with van der Waals surface area (Å²) >= 11 is 0. The lowest BCUT2D eigenvalue weighted by atomic mass is 10.2. The van der Waals surface area contributed by atoms with Gasteiger partial charge in [-0.3, -0.25) is 14.6 Å². The molecular weight excluding hydrogens is 234 g/mol. The molecule has 0 fully saturated rings. The van der Waals surface area contributed by atoms with E-state index in [4.69, 9.17) is 5.73 Å². The number of aldehydes is 1. The number of rotatable bonds is 2. The molecule has 0 radical (unpaired) electrons. The molecule has 0 saturated carbocycles. The summed E-state index contributed by atoms with van der Waals surface area (Å²) < 4.78 is 1.09. The van der Waals surface area contributed by atoms with Gasteiger partial charge in [-0.1, -0.05) is 17.7 Å². The third-order valence-electron chi connectivity index (χ3n) is 2.60. The number of H-pyrrole nitrogens is 1. The fraction of sp³-hybridized carbons (Fsp3) is 0.0833. The van der Waals surface area contributed by atoms with Crippen molar-refractivity contribution in [2.24, 2.45) is 0 Å². The first kappa shape index (κ1) is 11.8. The lowest BCUT2D eigenvalue weighted by Crippen LogP contribution is -2.33. The van der Waals surface area contributed by atoms with E-state index < -0.39 is 11.2 Å². The maximum absolute atomic E-state index is 11.7. The van der Waals surface area contributed by atoms with Crippen molar-refractivity contribution in [2.75, 3.05) is 5.73 Å². The molecule has 0 spiro atoms. The van der Waals surface area contributed by atoms with Crippen LogP contribution in [0.2, 0.25) is 0 Å². The van der Waals surface area contributed by atoms with Crippen molar-refractivity contribution in [2.45, 2.75) is 6.92 Å². The zero-order chi connectivity index (χ0) is 13.3. The van der Waals surface area contributed by atoms with Gasteiger partial charge in [0, 0.05) is 0 Å². The van der Waals surface area contributed by atoms with Crippen molar-refractivity contribution in [1.82, 2.24) is 9.55 Å². The molecule has 2 rings (SSSR count). The van der Waals surface area contributed by atoms with Crippen molar-refractivity contribution in [3.63, 3.8) is 0 Å². The SMILES string of the molecule is Cc1ccc(-n2c(N)c(C=O)c(=O)[nH]c2=O)cc1. The highest BCUT2D eigenvalue weighted by Crippen LogP contribution is 2.11. The number of carbonyl (C=O) groups excluding carboxylic acids is 1. The molecule has 0 saturated heterocycles. The van der Waals surface area contributed by atoms with Gasteiger partial charge in [-0.2, -0.15) is 0 Å². The molecule has 0 bridgehead atoms. The third-order valence-corrected chi connectivity index (χ3v) is 2.60. The van der Waals surface area contributed by atoms with E-state index in [1.807, 2.05) is 6.92 Å². The number of aryl methyl sites for hydroxylation is 1. The Morgan fingerprint density at radius 1 is 1.22 bits per heavy atom. The number of aromatic nitrogens is 2. The van der Waals surface area contributed by atoms with Crippen LogP contribution in [-0.2, 0) is 0 Å². The Morgan fingerprint density at radius 2 is 1.83 bits per heavy atom. The molecule has 1 aromatic carbocycles. The van der Waals surface area contributed by atoms with Gasteiger partial charge in [-0.05, 0) is 19.1 Å². The summed E-state index contributed by atoms with van der Waals surface area (Å²) in [6.45, 7) is 1.90. The van der Waals surface area contributed by atoms with E-state index in [-0.39, 0.29) is 11.4 Å². The molecule has 6 nitrogen and oxygen atoms in total. The van der Waals surface area contributed by atoms with Crippen LogP contribution in [0, 0.1) is 6.92 Å². The quantitative estimate of drug-likeness (QED) is 0.740. The predicted octanol–water partition coefficient (Wildman–Crippen LogP) is 0.229. The fourth-order valence-corrected chi connectivity index (χ4v) is 1.63. The highest BCUT2D eigenvalue weighted by atomic mass is 16.2. The van der Waals surface area contributed by atoms with Crippen LogP contribution >= 0.6 is 0 Å². The molecule has 0 aliphatic heterocycles. The monoisotopic (exact) mass is 245 g/mol. The van der Waals surface area contributed by atoms with Crippen molar-refractivity contribution < 1.29 is 4.79 Å². The first-order valence-electron chi connectivity index (χ1n) is 5.21. The van der Waals surface area contributed by atoms with Crippen LogP contribution < -0.4 is 17.0 Å². The minimum atomic E-state index is -0.782. The van der Waals surface area contributed by atoms with Gasteiger partial charge in [0.1, 0.15) is 11.4 Å². The smallest absolute Gasteiger partial charge is 0.334 e. The Balaban J connectivity index is 2.79. The van der Waals surface area contributed by atoms with Gasteiger partial charge >= 0.3 is 5.69 Å². The second-order valence-electron chi connectivity index (χ2n) is 3.85. The van der Waals surface area contributed by atoms with E-state index >= 15 is 0 Å². The normalized spacial score (nSPS) is 10.3. The molecule has 6 heteroatoms. The Morgan fingerprint density at radius 3 is 2.39 bits per heavy atom. The van der Waals surface area contributed by atoms with Gasteiger partial charge in [0.15, 0.2) is 6.29 Å². The number of benzene rings is 1. The van der Waals surface area contributed by atoms with Crippen LogP contribution in [0.5, 0.6) is 0 Å². The molecule has 18 heavy (non-hydrogen) atoms. The molecule has 3 N–H and O–H groups in total. The lowest BCUT2D eigenvalue weighted by Gasteiger charge is -2.10. The van der Waals surface area contributed by atoms with Gasteiger partial charge in [-0.15, -0.1) is 0 Å². The van der Waals surface area contributed by atoms with Crippen molar-refractivity contribution in [3.05, 3.63) is 56.2 Å². The van der Waals surface area contributed by atoms with Crippen LogP contribution in [0.1, 0.15) is 15.9 Å². The number of carbonyl (C=O) groups is 1. The van der Waals surface area contributed by atoms with Crippen molar-refractivity contribution in [1.29, 1.82) is 0 Å². The number of nitrogens with one attached hydrogen (secondary N) is 1. The number of hydrogen-bond donors (Lipinski definition) is 2. The third kappa shape index (κ3) is 1.84. The zero-order valence-electron chi connectivity index (χ0n) is 9.64. The van der Waals surface area contributed by atoms with E-state index in [2.05, 4.69) is 4.98 Å². The van der Waals surface area contributed by atoms with E-state index in [0.29, 0.717) is 12.0 Å². The van der Waals surface area contributed by atoms with Crippen LogP contribution in [-0.4, -0.2) is 15.8 Å². The topological polar surface area (TPSA) is 97.9 Å². The number of aromatic amines is 1. The Hall–Kier alpha value is -2.63. The number of nitrogens with two attached hydrogens (primary N) is 1. The van der Waals surface area contributed by atoms with E-state index in [1.54, 1.807) is 24.3 Å². The molecule has 0 unspecified atom stereocenters. The average Bonchev–Trinajstić information content (AvgIpc) is 2.31. The zero-order valence-corrected chi connectivity index (χ0v) is 9.64. The van der Waals surface area contributed by atoms with Crippen molar-refractivity contribution in [3.8, 4) is 5.69 Å². The maximum Gasteiger partial charge on any atom is 0.334 e. The largest absolute Gasteiger partial charge is 0.384 e. The first-order chi connectivity index (χ1) is 8.54. The van der Waals surface area contributed by atoms with Crippen LogP contribution in [0.25, 0.3) is 5.69 Å². The van der Waals surface area contributed by atoms with E-state index in [9.17, 15) is 14.4 Å². The summed E-state index contributed by atoms with van der Waals surface area (Å²) in [5.41, 5.74) is 5.47. The molecule has 92 valence electrons. The Bertz CT molecular complexity index is 711. The minimum Gasteiger partial charge on any atom is -0.384 e. The van der Waals surface area contributed by atoms with Crippen LogP contribution in [0.3, 0.4) is 0 Å². The van der Waals surface area contributed by atoms with Gasteiger partial charge in [-0.25, -0.2) is 9.36 Å². The summed E-state index contributed by atoms with van der Waals surface area (Å²) in [5.74, 6) is -0.164. The molecule has 2 aromatic rings. The summed E-state index contributed by atoms with van der Waals surface area (Å²) in [4.78, 5) is 35.9. The maximum atomic E-state index is 11.7. The van der Waals surface area contributed by atoms with Gasteiger partial charge in [0.2, 0.25) is 0 Å². The fourth-order valence-electron chi connectivity index (χ4n) is 1.63. The number of hydrogen-bond acceptors (Lipinski definition) is 4. The Labute approximate surface area is 102 Å². The second-order valence-corrected chi connectivity index (χ2v) is 3.85. The average molecular weight is 245 g/mol. The Kier molecular flexibility index (Phi) is 2.85.